The molecule has 0 heterocycles. The highest BCUT2D eigenvalue weighted by Gasteiger charge is 2.46. The number of urea groups is 1. The fourth-order valence-electron chi connectivity index (χ4n) is 4.83. The number of halogens is 8. The maximum atomic E-state index is 14.8. The van der Waals surface area contributed by atoms with Gasteiger partial charge in [-0.05, 0) is 60.7 Å². The van der Waals surface area contributed by atoms with Crippen LogP contribution in [-0.4, -0.2) is 30.5 Å². The van der Waals surface area contributed by atoms with Gasteiger partial charge in [-0.25, -0.2) is 22.4 Å². The van der Waals surface area contributed by atoms with E-state index in [9.17, 15) is 39.9 Å². The molecule has 12 heteroatoms. The molecule has 1 fully saturated rings. The molecule has 220 valence electrons. The van der Waals surface area contributed by atoms with Gasteiger partial charge in [-0.2, -0.15) is 17.6 Å². The topological polar surface area (TPSA) is 50.4 Å². The Kier molecular flexibility index (Phi) is 8.51. The largest absolute Gasteiger partial charge is 0.461 e. The number of hydrogen-bond donors (Lipinski definition) is 2. The van der Waals surface area contributed by atoms with E-state index in [1.165, 1.54) is 12.1 Å². The van der Waals surface area contributed by atoms with E-state index >= 15 is 0 Å². The molecule has 0 unspecified atom stereocenters. The van der Waals surface area contributed by atoms with Gasteiger partial charge in [0.1, 0.15) is 17.4 Å². The number of carbonyl (C=O) groups excluding carboxylic acids is 1. The van der Waals surface area contributed by atoms with E-state index in [0.29, 0.717) is 11.6 Å². The van der Waals surface area contributed by atoms with Crippen molar-refractivity contribution in [1.29, 1.82) is 0 Å². The van der Waals surface area contributed by atoms with Crippen LogP contribution in [0.25, 0.3) is 0 Å². The minimum Gasteiger partial charge on any atom is -0.428 e. The highest BCUT2D eigenvalue weighted by Crippen LogP contribution is 2.41. The first kappa shape index (κ1) is 30.1. The third kappa shape index (κ3) is 7.09. The fraction of sp³-hybridized carbons (Fsp3) is 0.345. The van der Waals surface area contributed by atoms with Crippen molar-refractivity contribution >= 4 is 6.03 Å². The SMILES string of the molecule is CC(F)(F)[C@H]1C[C@H](NC(=O)N[C@](Cc2ccccc2)(c2ccc(F)cc2)c2cc(F)cc(OC(F)(F)C(F)F)c2)C1. The van der Waals surface area contributed by atoms with Crippen LogP contribution in [0.2, 0.25) is 0 Å². The molecule has 2 amide bonds. The van der Waals surface area contributed by atoms with Gasteiger partial charge in [-0.1, -0.05) is 42.5 Å². The van der Waals surface area contributed by atoms with Gasteiger partial charge >= 0.3 is 18.6 Å². The smallest absolute Gasteiger partial charge is 0.428 e. The number of carbonyl (C=O) groups is 1. The van der Waals surface area contributed by atoms with E-state index in [1.54, 1.807) is 30.3 Å². The van der Waals surface area contributed by atoms with Crippen LogP contribution in [0, 0.1) is 17.6 Å². The van der Waals surface area contributed by atoms with Crippen LogP contribution in [-0.2, 0) is 12.0 Å². The van der Waals surface area contributed by atoms with Gasteiger partial charge in [0.15, 0.2) is 0 Å². The molecule has 0 aliphatic heterocycles. The van der Waals surface area contributed by atoms with Crippen molar-refractivity contribution in [2.24, 2.45) is 5.92 Å². The zero-order chi connectivity index (χ0) is 30.0. The number of amides is 2. The maximum absolute atomic E-state index is 14.8. The van der Waals surface area contributed by atoms with E-state index in [1.807, 2.05) is 0 Å². The summed E-state index contributed by atoms with van der Waals surface area (Å²) in [4.78, 5) is 13.3. The molecule has 1 saturated carbocycles. The molecule has 4 nitrogen and oxygen atoms in total. The summed E-state index contributed by atoms with van der Waals surface area (Å²) in [5.41, 5.74) is -1.23. The van der Waals surface area contributed by atoms with Crippen LogP contribution in [0.5, 0.6) is 5.75 Å². The van der Waals surface area contributed by atoms with Crippen molar-refractivity contribution < 1.29 is 44.7 Å². The number of ether oxygens (including phenoxy) is 1. The maximum Gasteiger partial charge on any atom is 0.461 e. The van der Waals surface area contributed by atoms with Crippen LogP contribution < -0.4 is 15.4 Å². The summed E-state index contributed by atoms with van der Waals surface area (Å²) >= 11 is 0. The van der Waals surface area contributed by atoms with Crippen molar-refractivity contribution in [1.82, 2.24) is 10.6 Å². The molecule has 1 aliphatic rings. The Balaban J connectivity index is 1.79. The molecule has 0 spiro atoms. The second kappa shape index (κ2) is 11.6. The number of nitrogens with one attached hydrogen (secondary N) is 2. The lowest BCUT2D eigenvalue weighted by atomic mass is 9.76. The third-order valence-corrected chi connectivity index (χ3v) is 7.04. The number of alkyl halides is 6. The molecule has 41 heavy (non-hydrogen) atoms. The monoisotopic (exact) mass is 586 g/mol. The number of rotatable bonds is 10. The molecule has 4 rings (SSSR count). The van der Waals surface area contributed by atoms with Crippen molar-refractivity contribution in [2.45, 2.75) is 56.2 Å². The van der Waals surface area contributed by atoms with Crippen molar-refractivity contribution in [3.63, 3.8) is 0 Å². The lowest BCUT2D eigenvalue weighted by Crippen LogP contribution is -2.57. The van der Waals surface area contributed by atoms with Crippen molar-refractivity contribution in [3.8, 4) is 5.75 Å². The quantitative estimate of drug-likeness (QED) is 0.243. The van der Waals surface area contributed by atoms with Gasteiger partial charge in [-0.3, -0.25) is 0 Å². The summed E-state index contributed by atoms with van der Waals surface area (Å²) in [6, 6.07) is 13.9. The minimum atomic E-state index is -4.95. The second-order valence-electron chi connectivity index (χ2n) is 10.1. The Hall–Kier alpha value is -3.83. The van der Waals surface area contributed by atoms with Crippen molar-refractivity contribution in [2.75, 3.05) is 0 Å². The second-order valence-corrected chi connectivity index (χ2v) is 10.1. The van der Waals surface area contributed by atoms with Gasteiger partial charge in [-0.15, -0.1) is 0 Å². The van der Waals surface area contributed by atoms with E-state index in [2.05, 4.69) is 15.4 Å². The Morgan fingerprint density at radius 3 is 2.12 bits per heavy atom. The van der Waals surface area contributed by atoms with E-state index in [0.717, 1.165) is 31.2 Å². The van der Waals surface area contributed by atoms with Gasteiger partial charge in [0.2, 0.25) is 5.92 Å². The normalized spacial score (nSPS) is 18.8. The molecule has 0 radical (unpaired) electrons. The van der Waals surface area contributed by atoms with Crippen LogP contribution >= 0.6 is 0 Å². The summed E-state index contributed by atoms with van der Waals surface area (Å²) in [5.74, 6) is -6.60. The van der Waals surface area contributed by atoms with Gasteiger partial charge in [0.05, 0.1) is 5.54 Å². The molecule has 0 saturated heterocycles. The molecule has 0 bridgehead atoms. The molecular formula is C29H26F8N2O2. The molecule has 2 N–H and O–H groups in total. The molecule has 3 aromatic carbocycles. The van der Waals surface area contributed by atoms with Crippen LogP contribution in [0.1, 0.15) is 36.5 Å². The van der Waals surface area contributed by atoms with E-state index in [-0.39, 0.29) is 30.4 Å². The molecule has 1 atom stereocenters. The summed E-state index contributed by atoms with van der Waals surface area (Å²) in [6.45, 7) is 0.786. The van der Waals surface area contributed by atoms with E-state index in [4.69, 9.17) is 0 Å². The Morgan fingerprint density at radius 1 is 0.902 bits per heavy atom. The molecular weight excluding hydrogens is 560 g/mol. The molecule has 1 aliphatic carbocycles. The third-order valence-electron chi connectivity index (χ3n) is 7.04. The van der Waals surface area contributed by atoms with Crippen LogP contribution in [0.3, 0.4) is 0 Å². The molecule has 0 aromatic heterocycles. The zero-order valence-corrected chi connectivity index (χ0v) is 21.6. The zero-order valence-electron chi connectivity index (χ0n) is 21.6. The fourth-order valence-corrected chi connectivity index (χ4v) is 4.83. The lowest BCUT2D eigenvalue weighted by Gasteiger charge is -2.41. The molecule has 3 aromatic rings. The number of benzene rings is 3. The Morgan fingerprint density at radius 2 is 1.54 bits per heavy atom. The number of hydrogen-bond acceptors (Lipinski definition) is 2. The standard InChI is InChI=1S/C29H26F8N2O2/c1-27(34,35)19-12-23(13-19)38-26(40)39-28(16-17-5-3-2-4-6-17,18-7-9-21(30)10-8-18)20-11-22(31)15-24(14-20)41-29(36,37)25(32)33/h2-11,14-15,19,23,25H,12-13,16H2,1H3,(H2,38,39,40)/t19-,23-,28-/m1/s1. The first-order chi connectivity index (χ1) is 19.2. The Bertz CT molecular complexity index is 1340. The summed E-state index contributed by atoms with van der Waals surface area (Å²) < 4.78 is 113. The first-order valence-corrected chi connectivity index (χ1v) is 12.6. The van der Waals surface area contributed by atoms with Gasteiger partial charge < -0.3 is 15.4 Å². The average Bonchev–Trinajstić information content (AvgIpc) is 2.85. The summed E-state index contributed by atoms with van der Waals surface area (Å²) in [6.07, 6.45) is -9.30. The van der Waals surface area contributed by atoms with Crippen LogP contribution in [0.15, 0.2) is 72.8 Å². The summed E-state index contributed by atoms with van der Waals surface area (Å²) in [7, 11) is 0. The van der Waals surface area contributed by atoms with Gasteiger partial charge in [0.25, 0.3) is 0 Å². The van der Waals surface area contributed by atoms with E-state index < -0.39 is 59.4 Å². The Labute approximate surface area is 230 Å². The predicted molar refractivity (Wildman–Crippen MR) is 134 cm³/mol. The average molecular weight is 587 g/mol. The summed E-state index contributed by atoms with van der Waals surface area (Å²) in [5, 5.41) is 5.30. The van der Waals surface area contributed by atoms with Crippen molar-refractivity contribution in [3.05, 3.63) is 101 Å². The first-order valence-electron chi connectivity index (χ1n) is 12.6. The minimum absolute atomic E-state index is 0.000181. The predicted octanol–water partition coefficient (Wildman–Crippen LogP) is 7.42. The van der Waals surface area contributed by atoms with Crippen LogP contribution in [0.4, 0.5) is 39.9 Å². The highest BCUT2D eigenvalue weighted by molar-refractivity contribution is 5.76. The highest BCUT2D eigenvalue weighted by atomic mass is 19.3. The lowest BCUT2D eigenvalue weighted by molar-refractivity contribution is -0.253. The van der Waals surface area contributed by atoms with Gasteiger partial charge in [0, 0.05) is 24.4 Å².